The van der Waals surface area contributed by atoms with Crippen molar-refractivity contribution in [1.82, 2.24) is 0 Å². The van der Waals surface area contributed by atoms with Crippen molar-refractivity contribution in [2.24, 2.45) is 0 Å². The van der Waals surface area contributed by atoms with Crippen LogP contribution in [-0.2, 0) is 0 Å². The van der Waals surface area contributed by atoms with E-state index in [0.29, 0.717) is 16.3 Å². The molecule has 0 fully saturated rings. The minimum absolute atomic E-state index is 0.0216. The van der Waals surface area contributed by atoms with E-state index in [-0.39, 0.29) is 11.3 Å². The molecule has 3 aromatic carbocycles. The number of nitrogens with zero attached hydrogens (tertiary/aromatic N) is 1. The molecular weight excluding hydrogens is 390 g/mol. The average molecular weight is 409 g/mol. The predicted octanol–water partition coefficient (Wildman–Crippen LogP) is 5.32. The van der Waals surface area contributed by atoms with Crippen LogP contribution in [0.15, 0.2) is 71.6 Å². The number of hydrogen-bond donors (Lipinski definition) is 2. The molecular formula is C21H19N3O4S. The van der Waals surface area contributed by atoms with E-state index in [1.165, 1.54) is 31.0 Å². The van der Waals surface area contributed by atoms with Crippen LogP contribution in [0.3, 0.4) is 0 Å². The summed E-state index contributed by atoms with van der Waals surface area (Å²) in [5, 5.41) is 17.4. The molecule has 148 valence electrons. The van der Waals surface area contributed by atoms with E-state index in [4.69, 9.17) is 4.74 Å². The third-order valence-corrected chi connectivity index (χ3v) is 4.91. The van der Waals surface area contributed by atoms with Crippen LogP contribution >= 0.6 is 11.8 Å². The van der Waals surface area contributed by atoms with Gasteiger partial charge in [-0.25, -0.2) is 0 Å². The maximum Gasteiger partial charge on any atom is 0.285 e. The Bertz CT molecular complexity index is 1020. The van der Waals surface area contributed by atoms with Gasteiger partial charge in [-0.3, -0.25) is 14.9 Å². The number of rotatable bonds is 7. The van der Waals surface area contributed by atoms with Crippen molar-refractivity contribution in [2.75, 3.05) is 24.0 Å². The van der Waals surface area contributed by atoms with Crippen LogP contribution in [0.5, 0.6) is 5.75 Å². The highest BCUT2D eigenvalue weighted by Gasteiger charge is 2.24. The quantitative estimate of drug-likeness (QED) is 0.312. The van der Waals surface area contributed by atoms with Gasteiger partial charge in [-0.1, -0.05) is 18.2 Å². The molecule has 29 heavy (non-hydrogen) atoms. The number of nitrogens with one attached hydrogen (secondary N) is 2. The smallest absolute Gasteiger partial charge is 0.285 e. The zero-order valence-corrected chi connectivity index (χ0v) is 16.7. The number of anilines is 3. The van der Waals surface area contributed by atoms with E-state index in [1.807, 2.05) is 48.7 Å². The van der Waals surface area contributed by atoms with Crippen molar-refractivity contribution in [3.8, 4) is 5.75 Å². The van der Waals surface area contributed by atoms with Gasteiger partial charge in [0.2, 0.25) is 0 Å². The molecule has 3 aromatic rings. The van der Waals surface area contributed by atoms with Crippen LogP contribution < -0.4 is 15.4 Å². The van der Waals surface area contributed by atoms with Crippen LogP contribution in [0.4, 0.5) is 22.7 Å². The largest absolute Gasteiger partial charge is 0.495 e. The van der Waals surface area contributed by atoms with Gasteiger partial charge in [0.15, 0.2) is 0 Å². The van der Waals surface area contributed by atoms with Crippen molar-refractivity contribution < 1.29 is 14.5 Å². The molecule has 0 unspecified atom stereocenters. The predicted molar refractivity (Wildman–Crippen MR) is 116 cm³/mol. The molecule has 0 radical (unpaired) electrons. The lowest BCUT2D eigenvalue weighted by molar-refractivity contribution is -0.385. The van der Waals surface area contributed by atoms with Gasteiger partial charge in [0.05, 0.1) is 23.0 Å². The van der Waals surface area contributed by atoms with Crippen molar-refractivity contribution in [2.45, 2.75) is 4.90 Å². The normalized spacial score (nSPS) is 10.3. The highest BCUT2D eigenvalue weighted by atomic mass is 32.2. The topological polar surface area (TPSA) is 93.5 Å². The zero-order valence-electron chi connectivity index (χ0n) is 15.8. The molecule has 0 aliphatic rings. The standard InChI is InChI=1S/C21H19N3O4S/c1-28-19-13-18(24(26)27)17(12-20(19)29-2)21(25)23-16-10-8-15(9-11-16)22-14-6-4-3-5-7-14/h3-13,22H,1-2H3,(H,23,25). The highest BCUT2D eigenvalue weighted by Crippen LogP contribution is 2.34. The SMILES string of the molecule is COc1cc([N+](=O)[O-])c(C(=O)Nc2ccc(Nc3ccccc3)cc2)cc1SC. The van der Waals surface area contributed by atoms with E-state index in [1.54, 1.807) is 12.1 Å². The number of para-hydroxylation sites is 1. The van der Waals surface area contributed by atoms with E-state index in [0.717, 1.165) is 11.4 Å². The molecule has 0 spiro atoms. The second-order valence-corrected chi connectivity index (χ2v) is 6.85. The molecule has 0 heterocycles. The number of carbonyl (C=O) groups is 1. The van der Waals surface area contributed by atoms with Crippen LogP contribution in [0.1, 0.15) is 10.4 Å². The molecule has 3 rings (SSSR count). The highest BCUT2D eigenvalue weighted by molar-refractivity contribution is 7.98. The third kappa shape index (κ3) is 4.85. The molecule has 8 heteroatoms. The number of nitro groups is 1. The van der Waals surface area contributed by atoms with E-state index in [2.05, 4.69) is 10.6 Å². The summed E-state index contributed by atoms with van der Waals surface area (Å²) in [6, 6.07) is 19.5. The Labute approximate surface area is 172 Å². The first kappa shape index (κ1) is 20.2. The molecule has 0 aliphatic heterocycles. The van der Waals surface area contributed by atoms with Gasteiger partial charge in [-0.2, -0.15) is 0 Å². The fourth-order valence-corrected chi connectivity index (χ4v) is 3.30. The van der Waals surface area contributed by atoms with Gasteiger partial charge in [0, 0.05) is 17.1 Å². The lowest BCUT2D eigenvalue weighted by atomic mass is 10.1. The minimum Gasteiger partial charge on any atom is -0.495 e. The fraction of sp³-hybridized carbons (Fsp3) is 0.0952. The van der Waals surface area contributed by atoms with Crippen molar-refractivity contribution >= 4 is 40.4 Å². The van der Waals surface area contributed by atoms with E-state index >= 15 is 0 Å². The average Bonchev–Trinajstić information content (AvgIpc) is 2.74. The first-order valence-electron chi connectivity index (χ1n) is 8.65. The monoisotopic (exact) mass is 409 g/mol. The lowest BCUT2D eigenvalue weighted by Gasteiger charge is -2.11. The van der Waals surface area contributed by atoms with Gasteiger partial charge in [0.25, 0.3) is 11.6 Å². The number of amides is 1. The van der Waals surface area contributed by atoms with E-state index < -0.39 is 10.8 Å². The maximum atomic E-state index is 12.7. The Morgan fingerprint density at radius 2 is 1.62 bits per heavy atom. The Hall–Kier alpha value is -3.52. The van der Waals surface area contributed by atoms with Gasteiger partial charge >= 0.3 is 0 Å². The van der Waals surface area contributed by atoms with Gasteiger partial charge in [-0.05, 0) is 48.7 Å². The second-order valence-electron chi connectivity index (χ2n) is 6.00. The summed E-state index contributed by atoms with van der Waals surface area (Å²) in [6.07, 6.45) is 1.81. The molecule has 0 aliphatic carbocycles. The number of carbonyl (C=O) groups excluding carboxylic acids is 1. The Morgan fingerprint density at radius 3 is 2.21 bits per heavy atom. The van der Waals surface area contributed by atoms with E-state index in [9.17, 15) is 14.9 Å². The summed E-state index contributed by atoms with van der Waals surface area (Å²) < 4.78 is 5.18. The van der Waals surface area contributed by atoms with Gasteiger partial charge in [-0.15, -0.1) is 11.8 Å². The third-order valence-electron chi connectivity index (χ3n) is 4.15. The Kier molecular flexibility index (Phi) is 6.36. The molecule has 0 bridgehead atoms. The Balaban J connectivity index is 1.80. The number of benzene rings is 3. The van der Waals surface area contributed by atoms with Crippen molar-refractivity contribution in [3.05, 3.63) is 82.4 Å². The summed E-state index contributed by atoms with van der Waals surface area (Å²) in [7, 11) is 1.43. The Morgan fingerprint density at radius 1 is 1.00 bits per heavy atom. The minimum atomic E-state index is -0.589. The molecule has 7 nitrogen and oxygen atoms in total. The molecule has 0 saturated carbocycles. The first-order chi connectivity index (χ1) is 14.0. The van der Waals surface area contributed by atoms with Crippen LogP contribution in [0, 0.1) is 10.1 Å². The summed E-state index contributed by atoms with van der Waals surface area (Å²) in [6.45, 7) is 0. The summed E-state index contributed by atoms with van der Waals surface area (Å²) >= 11 is 1.35. The number of thioether (sulfide) groups is 1. The summed E-state index contributed by atoms with van der Waals surface area (Å²) in [5.74, 6) is -0.199. The first-order valence-corrected chi connectivity index (χ1v) is 9.88. The maximum absolute atomic E-state index is 12.7. The fourth-order valence-electron chi connectivity index (χ4n) is 2.72. The van der Waals surface area contributed by atoms with Crippen LogP contribution in [-0.4, -0.2) is 24.2 Å². The van der Waals surface area contributed by atoms with Crippen LogP contribution in [0.25, 0.3) is 0 Å². The van der Waals surface area contributed by atoms with Gasteiger partial charge in [0.1, 0.15) is 11.3 Å². The second kappa shape index (κ2) is 9.11. The van der Waals surface area contributed by atoms with Crippen LogP contribution in [0.2, 0.25) is 0 Å². The molecule has 2 N–H and O–H groups in total. The number of ether oxygens (including phenoxy) is 1. The van der Waals surface area contributed by atoms with Gasteiger partial charge < -0.3 is 15.4 Å². The number of nitro benzene ring substituents is 1. The molecule has 1 amide bonds. The summed E-state index contributed by atoms with van der Waals surface area (Å²) in [4.78, 5) is 24.2. The number of methoxy groups -OCH3 is 1. The van der Waals surface area contributed by atoms with Crippen molar-refractivity contribution in [1.29, 1.82) is 0 Å². The molecule has 0 atom stereocenters. The lowest BCUT2D eigenvalue weighted by Crippen LogP contribution is -2.14. The van der Waals surface area contributed by atoms with Crippen molar-refractivity contribution in [3.63, 3.8) is 0 Å². The molecule has 0 aromatic heterocycles. The zero-order chi connectivity index (χ0) is 20.8. The number of hydrogen-bond acceptors (Lipinski definition) is 6. The molecule has 0 saturated heterocycles. The summed E-state index contributed by atoms with van der Waals surface area (Å²) in [5.41, 5.74) is 2.01.